The van der Waals surface area contributed by atoms with Crippen LogP contribution in [0.25, 0.3) is 0 Å². The minimum absolute atomic E-state index is 0.280. The highest BCUT2D eigenvalue weighted by molar-refractivity contribution is 6.22. The van der Waals surface area contributed by atoms with Gasteiger partial charge in [-0.05, 0) is 25.5 Å². The number of carbonyl (C=O) groups is 4. The van der Waals surface area contributed by atoms with Gasteiger partial charge in [0.15, 0.2) is 12.4 Å². The molecule has 1 atom stereocenters. The monoisotopic (exact) mass is 393 g/mol. The van der Waals surface area contributed by atoms with Gasteiger partial charge < -0.3 is 4.74 Å². The average Bonchev–Trinajstić information content (AvgIpc) is 2.98. The van der Waals surface area contributed by atoms with Crippen LogP contribution in [0, 0.1) is 6.92 Å². The number of imide groups is 1. The lowest BCUT2D eigenvalue weighted by atomic mass is 10.1. The number of carbonyl (C=O) groups excluding carboxylic acids is 4. The van der Waals surface area contributed by atoms with Gasteiger partial charge in [0.25, 0.3) is 11.8 Å². The van der Waals surface area contributed by atoms with Gasteiger partial charge in [0, 0.05) is 5.56 Å². The number of ether oxygens (including phenoxy) is 1. The summed E-state index contributed by atoms with van der Waals surface area (Å²) in [6.45, 7) is 3.42. The summed E-state index contributed by atoms with van der Waals surface area (Å²) >= 11 is 0. The fourth-order valence-corrected chi connectivity index (χ4v) is 3.30. The summed E-state index contributed by atoms with van der Waals surface area (Å²) in [6, 6.07) is 12.4. The second-order valence-corrected chi connectivity index (χ2v) is 7.08. The standard InChI is InChI=1S/C23H23NO5/c1-3-4-9-19(24-21(26)17-7-5-6-8-18(17)22(24)27)23(28)29-14-20(25)16-12-10-15(2)11-13-16/h5-8,10-13,19H,3-4,9,14H2,1-2H3/t19-/m1/s1. The summed E-state index contributed by atoms with van der Waals surface area (Å²) in [4.78, 5) is 51.5. The molecule has 0 fully saturated rings. The van der Waals surface area contributed by atoms with E-state index in [1.54, 1.807) is 48.5 Å². The van der Waals surface area contributed by atoms with E-state index in [0.29, 0.717) is 18.4 Å². The normalized spacial score (nSPS) is 13.9. The second-order valence-electron chi connectivity index (χ2n) is 7.08. The van der Waals surface area contributed by atoms with E-state index < -0.39 is 30.4 Å². The third-order valence-corrected chi connectivity index (χ3v) is 4.96. The zero-order valence-corrected chi connectivity index (χ0v) is 16.5. The van der Waals surface area contributed by atoms with E-state index in [2.05, 4.69) is 0 Å². The first kappa shape index (κ1) is 20.5. The molecule has 0 unspecified atom stereocenters. The quantitative estimate of drug-likeness (QED) is 0.389. The maximum atomic E-state index is 12.7. The summed E-state index contributed by atoms with van der Waals surface area (Å²) < 4.78 is 5.22. The Labute approximate surface area is 169 Å². The molecule has 2 amide bonds. The van der Waals surface area contributed by atoms with Crippen molar-refractivity contribution in [1.82, 2.24) is 4.90 Å². The van der Waals surface area contributed by atoms with Crippen molar-refractivity contribution in [3.8, 4) is 0 Å². The Bertz CT molecular complexity index is 913. The molecule has 1 aliphatic rings. The van der Waals surface area contributed by atoms with E-state index in [-0.39, 0.29) is 16.9 Å². The highest BCUT2D eigenvalue weighted by Crippen LogP contribution is 2.27. The molecule has 6 nitrogen and oxygen atoms in total. The highest BCUT2D eigenvalue weighted by atomic mass is 16.5. The molecule has 0 N–H and O–H groups in total. The van der Waals surface area contributed by atoms with Gasteiger partial charge in [-0.15, -0.1) is 0 Å². The predicted octanol–water partition coefficient (Wildman–Crippen LogP) is 3.58. The Balaban J connectivity index is 1.74. The minimum Gasteiger partial charge on any atom is -0.456 e. The van der Waals surface area contributed by atoms with Gasteiger partial charge in [0.2, 0.25) is 0 Å². The molecular weight excluding hydrogens is 370 g/mol. The fraction of sp³-hybridized carbons (Fsp3) is 0.304. The molecule has 0 aliphatic carbocycles. The minimum atomic E-state index is -1.05. The number of hydrogen-bond acceptors (Lipinski definition) is 5. The topological polar surface area (TPSA) is 80.8 Å². The summed E-state index contributed by atoms with van der Waals surface area (Å²) in [7, 11) is 0. The van der Waals surface area contributed by atoms with Crippen LogP contribution in [-0.2, 0) is 9.53 Å². The summed E-state index contributed by atoms with van der Waals surface area (Å²) in [5.41, 5.74) is 2.02. The maximum Gasteiger partial charge on any atom is 0.329 e. The van der Waals surface area contributed by atoms with Crippen molar-refractivity contribution in [2.45, 2.75) is 39.2 Å². The van der Waals surface area contributed by atoms with Gasteiger partial charge in [-0.1, -0.05) is 61.7 Å². The van der Waals surface area contributed by atoms with Crippen molar-refractivity contribution >= 4 is 23.6 Å². The van der Waals surface area contributed by atoms with Crippen molar-refractivity contribution < 1.29 is 23.9 Å². The number of nitrogens with zero attached hydrogens (tertiary/aromatic N) is 1. The maximum absolute atomic E-state index is 12.7. The second kappa shape index (κ2) is 8.82. The lowest BCUT2D eigenvalue weighted by molar-refractivity contribution is -0.147. The average molecular weight is 393 g/mol. The Morgan fingerprint density at radius 3 is 2.10 bits per heavy atom. The van der Waals surface area contributed by atoms with E-state index in [1.807, 2.05) is 13.8 Å². The van der Waals surface area contributed by atoms with Crippen LogP contribution < -0.4 is 0 Å². The molecule has 0 saturated heterocycles. The highest BCUT2D eigenvalue weighted by Gasteiger charge is 2.43. The molecule has 6 heteroatoms. The van der Waals surface area contributed by atoms with Crippen LogP contribution in [0.3, 0.4) is 0 Å². The molecule has 0 spiro atoms. The van der Waals surface area contributed by atoms with Crippen LogP contribution in [0.1, 0.15) is 62.8 Å². The largest absolute Gasteiger partial charge is 0.456 e. The van der Waals surface area contributed by atoms with Gasteiger partial charge in [-0.25, -0.2) is 4.79 Å². The lowest BCUT2D eigenvalue weighted by Gasteiger charge is -2.24. The molecular formula is C23H23NO5. The first-order chi connectivity index (χ1) is 13.9. The van der Waals surface area contributed by atoms with Crippen molar-refractivity contribution in [2.24, 2.45) is 0 Å². The van der Waals surface area contributed by atoms with Crippen molar-refractivity contribution in [1.29, 1.82) is 0 Å². The molecule has 2 aromatic carbocycles. The van der Waals surface area contributed by atoms with E-state index in [9.17, 15) is 19.2 Å². The third-order valence-electron chi connectivity index (χ3n) is 4.96. The number of benzene rings is 2. The van der Waals surface area contributed by atoms with E-state index in [1.165, 1.54) is 0 Å². The number of fused-ring (bicyclic) bond motifs is 1. The third kappa shape index (κ3) is 4.26. The van der Waals surface area contributed by atoms with E-state index in [4.69, 9.17) is 4.74 Å². The number of hydrogen-bond donors (Lipinski definition) is 0. The Kier molecular flexibility index (Phi) is 6.22. The Hall–Kier alpha value is -3.28. The summed E-state index contributed by atoms with van der Waals surface area (Å²) in [5.74, 6) is -2.09. The molecule has 150 valence electrons. The fourth-order valence-electron chi connectivity index (χ4n) is 3.30. The number of ketones is 1. The molecule has 29 heavy (non-hydrogen) atoms. The number of Topliss-reactive ketones (excluding diaryl/α,β-unsaturated/α-hetero) is 1. The van der Waals surface area contributed by atoms with Gasteiger partial charge >= 0.3 is 5.97 Å². The van der Waals surface area contributed by atoms with Gasteiger partial charge in [-0.3, -0.25) is 19.3 Å². The number of rotatable bonds is 8. The zero-order valence-electron chi connectivity index (χ0n) is 16.5. The van der Waals surface area contributed by atoms with Crippen LogP contribution >= 0.6 is 0 Å². The molecule has 0 aromatic heterocycles. The first-order valence-corrected chi connectivity index (χ1v) is 9.67. The van der Waals surface area contributed by atoms with E-state index in [0.717, 1.165) is 16.9 Å². The molecule has 3 rings (SSSR count). The molecule has 0 saturated carbocycles. The molecule has 0 bridgehead atoms. The van der Waals surface area contributed by atoms with Crippen LogP contribution in [0.2, 0.25) is 0 Å². The number of aryl methyl sites for hydroxylation is 1. The molecule has 1 heterocycles. The van der Waals surface area contributed by atoms with Gasteiger partial charge in [0.05, 0.1) is 11.1 Å². The van der Waals surface area contributed by atoms with Crippen molar-refractivity contribution in [3.63, 3.8) is 0 Å². The van der Waals surface area contributed by atoms with Crippen LogP contribution in [-0.4, -0.2) is 41.1 Å². The predicted molar refractivity (Wildman–Crippen MR) is 107 cm³/mol. The first-order valence-electron chi connectivity index (χ1n) is 9.67. The van der Waals surface area contributed by atoms with Crippen LogP contribution in [0.15, 0.2) is 48.5 Å². The van der Waals surface area contributed by atoms with Crippen LogP contribution in [0.5, 0.6) is 0 Å². The zero-order chi connectivity index (χ0) is 21.0. The van der Waals surface area contributed by atoms with Crippen molar-refractivity contribution in [3.05, 3.63) is 70.8 Å². The summed E-state index contributed by atoms with van der Waals surface area (Å²) in [6.07, 6.45) is 1.72. The molecule has 1 aliphatic heterocycles. The lowest BCUT2D eigenvalue weighted by Crippen LogP contribution is -2.46. The SMILES string of the molecule is CCCC[C@H](C(=O)OCC(=O)c1ccc(C)cc1)N1C(=O)c2ccccc2C1=O. The van der Waals surface area contributed by atoms with Gasteiger partial charge in [-0.2, -0.15) is 0 Å². The summed E-state index contributed by atoms with van der Waals surface area (Å²) in [5, 5.41) is 0. The number of amides is 2. The van der Waals surface area contributed by atoms with Crippen LogP contribution in [0.4, 0.5) is 0 Å². The number of esters is 1. The van der Waals surface area contributed by atoms with Gasteiger partial charge in [0.1, 0.15) is 6.04 Å². The Morgan fingerprint density at radius 2 is 1.55 bits per heavy atom. The number of unbranched alkanes of at least 4 members (excludes halogenated alkanes) is 1. The Morgan fingerprint density at radius 1 is 0.966 bits per heavy atom. The van der Waals surface area contributed by atoms with Crippen molar-refractivity contribution in [2.75, 3.05) is 6.61 Å². The molecule has 0 radical (unpaired) electrons. The molecule has 2 aromatic rings. The van der Waals surface area contributed by atoms with E-state index >= 15 is 0 Å². The smallest absolute Gasteiger partial charge is 0.329 e.